The molecule has 9 nitrogen and oxygen atoms in total. The molecule has 3 rings (SSSR count). The Hall–Kier alpha value is -2.20. The Morgan fingerprint density at radius 1 is 1.13 bits per heavy atom. The molecule has 0 unspecified atom stereocenters. The quantitative estimate of drug-likeness (QED) is 0.540. The number of amides is 1. The standard InChI is InChI=1S/C20H30N4O5S/c1-15(2)20(25)22-12-8-16(9-13-22)21-18-7-6-17(14-19(18)24(26)27)30(28,29)23-10-4-3-5-11-23/h6-7,14-16,21H,3-5,8-13H2,1-2H3. The number of nitrogens with one attached hydrogen (secondary N) is 1. The second-order valence-electron chi connectivity index (χ2n) is 8.30. The number of sulfonamides is 1. The SMILES string of the molecule is CC(C)C(=O)N1CCC(Nc2ccc(S(=O)(=O)N3CCCCC3)cc2[N+](=O)[O-])CC1. The van der Waals surface area contributed by atoms with E-state index in [1.54, 1.807) is 0 Å². The maximum absolute atomic E-state index is 12.9. The Labute approximate surface area is 177 Å². The fraction of sp³-hybridized carbons (Fsp3) is 0.650. The largest absolute Gasteiger partial charge is 0.377 e. The van der Waals surface area contributed by atoms with Gasteiger partial charge < -0.3 is 10.2 Å². The van der Waals surface area contributed by atoms with Crippen LogP contribution in [0.2, 0.25) is 0 Å². The van der Waals surface area contributed by atoms with Crippen molar-refractivity contribution in [1.82, 2.24) is 9.21 Å². The Kier molecular flexibility index (Phi) is 6.97. The number of carbonyl (C=O) groups excluding carboxylic acids is 1. The number of piperidine rings is 2. The molecule has 0 atom stereocenters. The lowest BCUT2D eigenvalue weighted by Crippen LogP contribution is -2.44. The molecule has 2 saturated heterocycles. The van der Waals surface area contributed by atoms with Crippen molar-refractivity contribution in [2.24, 2.45) is 5.92 Å². The third-order valence-electron chi connectivity index (χ3n) is 5.78. The highest BCUT2D eigenvalue weighted by Gasteiger charge is 2.30. The molecule has 0 radical (unpaired) electrons. The monoisotopic (exact) mass is 438 g/mol. The zero-order valence-electron chi connectivity index (χ0n) is 17.5. The summed E-state index contributed by atoms with van der Waals surface area (Å²) in [7, 11) is -3.74. The number of nitrogens with zero attached hydrogens (tertiary/aromatic N) is 3. The maximum Gasteiger partial charge on any atom is 0.293 e. The van der Waals surface area contributed by atoms with Gasteiger partial charge in [-0.2, -0.15) is 4.31 Å². The van der Waals surface area contributed by atoms with Gasteiger partial charge in [0.2, 0.25) is 15.9 Å². The molecule has 1 N–H and O–H groups in total. The van der Waals surface area contributed by atoms with Gasteiger partial charge in [0, 0.05) is 44.2 Å². The summed E-state index contributed by atoms with van der Waals surface area (Å²) < 4.78 is 27.1. The molecular formula is C20H30N4O5S. The molecule has 0 bridgehead atoms. The van der Waals surface area contributed by atoms with Crippen molar-refractivity contribution >= 4 is 27.3 Å². The summed E-state index contributed by atoms with van der Waals surface area (Å²) >= 11 is 0. The highest BCUT2D eigenvalue weighted by atomic mass is 32.2. The molecule has 2 aliphatic heterocycles. The van der Waals surface area contributed by atoms with Crippen LogP contribution in [0.5, 0.6) is 0 Å². The van der Waals surface area contributed by atoms with Crippen molar-refractivity contribution in [3.8, 4) is 0 Å². The van der Waals surface area contributed by atoms with Crippen LogP contribution in [-0.2, 0) is 14.8 Å². The van der Waals surface area contributed by atoms with E-state index >= 15 is 0 Å². The van der Waals surface area contributed by atoms with E-state index in [-0.39, 0.29) is 28.4 Å². The normalized spacial score (nSPS) is 19.1. The molecule has 10 heteroatoms. The maximum atomic E-state index is 12.9. The Bertz CT molecular complexity index is 888. The minimum atomic E-state index is -3.74. The number of nitro groups is 1. The van der Waals surface area contributed by atoms with E-state index in [0.29, 0.717) is 44.7 Å². The first-order chi connectivity index (χ1) is 14.2. The van der Waals surface area contributed by atoms with Crippen molar-refractivity contribution < 1.29 is 18.1 Å². The predicted molar refractivity (Wildman–Crippen MR) is 114 cm³/mol. The van der Waals surface area contributed by atoms with Crippen molar-refractivity contribution in [3.05, 3.63) is 28.3 Å². The molecule has 2 heterocycles. The van der Waals surface area contributed by atoms with E-state index in [0.717, 1.165) is 25.3 Å². The second kappa shape index (κ2) is 9.30. The molecule has 0 saturated carbocycles. The first-order valence-corrected chi connectivity index (χ1v) is 12.0. The van der Waals surface area contributed by atoms with Gasteiger partial charge in [-0.3, -0.25) is 14.9 Å². The molecule has 166 valence electrons. The number of benzene rings is 1. The number of likely N-dealkylation sites (tertiary alicyclic amines) is 1. The van der Waals surface area contributed by atoms with Crippen molar-refractivity contribution in [2.45, 2.75) is 56.9 Å². The van der Waals surface area contributed by atoms with Crippen LogP contribution in [0.25, 0.3) is 0 Å². The van der Waals surface area contributed by atoms with E-state index in [4.69, 9.17) is 0 Å². The van der Waals surface area contributed by atoms with Crippen molar-refractivity contribution in [1.29, 1.82) is 0 Å². The third-order valence-corrected chi connectivity index (χ3v) is 7.67. The molecule has 0 aliphatic carbocycles. The smallest absolute Gasteiger partial charge is 0.293 e. The van der Waals surface area contributed by atoms with Gasteiger partial charge in [0.05, 0.1) is 9.82 Å². The second-order valence-corrected chi connectivity index (χ2v) is 10.2. The molecule has 0 aromatic heterocycles. The minimum absolute atomic E-state index is 0.00976. The summed E-state index contributed by atoms with van der Waals surface area (Å²) in [6, 6.07) is 4.07. The summed E-state index contributed by atoms with van der Waals surface area (Å²) in [6.07, 6.45) is 3.97. The summed E-state index contributed by atoms with van der Waals surface area (Å²) in [5.74, 6) is 0.0664. The Morgan fingerprint density at radius 2 is 1.77 bits per heavy atom. The third kappa shape index (κ3) is 4.92. The van der Waals surface area contributed by atoms with Crippen LogP contribution in [0.3, 0.4) is 0 Å². The Balaban J connectivity index is 1.73. The van der Waals surface area contributed by atoms with E-state index in [1.807, 2.05) is 18.7 Å². The number of carbonyl (C=O) groups is 1. The van der Waals surface area contributed by atoms with Crippen molar-refractivity contribution in [3.63, 3.8) is 0 Å². The average molecular weight is 439 g/mol. The summed E-state index contributed by atoms with van der Waals surface area (Å²) in [5.41, 5.74) is 0.0694. The van der Waals surface area contributed by atoms with Gasteiger partial charge in [0.15, 0.2) is 0 Å². The van der Waals surface area contributed by atoms with Gasteiger partial charge in [-0.1, -0.05) is 20.3 Å². The fourth-order valence-electron chi connectivity index (χ4n) is 4.03. The molecule has 2 fully saturated rings. The Morgan fingerprint density at radius 3 is 2.33 bits per heavy atom. The molecular weight excluding hydrogens is 408 g/mol. The van der Waals surface area contributed by atoms with Gasteiger partial charge >= 0.3 is 0 Å². The summed E-state index contributed by atoms with van der Waals surface area (Å²) in [4.78, 5) is 25.0. The molecule has 1 aromatic carbocycles. The lowest BCUT2D eigenvalue weighted by Gasteiger charge is -2.33. The number of rotatable bonds is 6. The van der Waals surface area contributed by atoms with Crippen LogP contribution in [-0.4, -0.2) is 60.7 Å². The predicted octanol–water partition coefficient (Wildman–Crippen LogP) is 2.83. The zero-order valence-corrected chi connectivity index (χ0v) is 18.4. The molecule has 30 heavy (non-hydrogen) atoms. The summed E-state index contributed by atoms with van der Waals surface area (Å²) in [6.45, 7) is 5.84. The number of hydrogen-bond donors (Lipinski definition) is 1. The van der Waals surface area contributed by atoms with E-state index < -0.39 is 14.9 Å². The lowest BCUT2D eigenvalue weighted by molar-refractivity contribution is -0.384. The van der Waals surface area contributed by atoms with Gasteiger partial charge in [-0.25, -0.2) is 8.42 Å². The highest BCUT2D eigenvalue weighted by molar-refractivity contribution is 7.89. The van der Waals surface area contributed by atoms with Gasteiger partial charge in [-0.15, -0.1) is 0 Å². The zero-order chi connectivity index (χ0) is 21.9. The van der Waals surface area contributed by atoms with Gasteiger partial charge in [-0.05, 0) is 37.8 Å². The number of nitro benzene ring substituents is 1. The lowest BCUT2D eigenvalue weighted by atomic mass is 10.0. The molecule has 0 spiro atoms. The number of hydrogen-bond acceptors (Lipinski definition) is 6. The van der Waals surface area contributed by atoms with E-state index in [1.165, 1.54) is 16.4 Å². The molecule has 2 aliphatic rings. The minimum Gasteiger partial charge on any atom is -0.377 e. The first kappa shape index (κ1) is 22.5. The van der Waals surface area contributed by atoms with Crippen LogP contribution >= 0.6 is 0 Å². The van der Waals surface area contributed by atoms with Crippen LogP contribution < -0.4 is 5.32 Å². The van der Waals surface area contributed by atoms with Crippen LogP contribution in [0, 0.1) is 16.0 Å². The highest BCUT2D eigenvalue weighted by Crippen LogP contribution is 2.31. The molecule has 1 amide bonds. The van der Waals surface area contributed by atoms with Crippen molar-refractivity contribution in [2.75, 3.05) is 31.5 Å². The van der Waals surface area contributed by atoms with E-state index in [2.05, 4.69) is 5.32 Å². The first-order valence-electron chi connectivity index (χ1n) is 10.5. The number of anilines is 1. The van der Waals surface area contributed by atoms with E-state index in [9.17, 15) is 23.3 Å². The summed E-state index contributed by atoms with van der Waals surface area (Å²) in [5, 5.41) is 14.8. The average Bonchev–Trinajstić information content (AvgIpc) is 2.74. The van der Waals surface area contributed by atoms with Crippen LogP contribution in [0.1, 0.15) is 46.0 Å². The van der Waals surface area contributed by atoms with Crippen LogP contribution in [0.4, 0.5) is 11.4 Å². The van der Waals surface area contributed by atoms with Gasteiger partial charge in [0.25, 0.3) is 5.69 Å². The molecule has 1 aromatic rings. The fourth-order valence-corrected chi connectivity index (χ4v) is 5.57. The topological polar surface area (TPSA) is 113 Å². The van der Waals surface area contributed by atoms with Crippen LogP contribution in [0.15, 0.2) is 23.1 Å². The van der Waals surface area contributed by atoms with Gasteiger partial charge in [0.1, 0.15) is 5.69 Å².